The summed E-state index contributed by atoms with van der Waals surface area (Å²) in [6.07, 6.45) is 0. The number of rotatable bonds is 7. The van der Waals surface area contributed by atoms with Crippen LogP contribution in [0.3, 0.4) is 0 Å². The number of phenols is 1. The van der Waals surface area contributed by atoms with Gasteiger partial charge in [-0.1, -0.05) is 30.3 Å². The minimum atomic E-state index is -4.68. The van der Waals surface area contributed by atoms with Gasteiger partial charge in [0.1, 0.15) is 5.69 Å². The second-order valence-electron chi connectivity index (χ2n) is 6.96. The van der Waals surface area contributed by atoms with Crippen LogP contribution in [-0.4, -0.2) is 48.0 Å². The second kappa shape index (κ2) is 10.1. The Kier molecular flexibility index (Phi) is 7.35. The molecule has 0 saturated heterocycles. The van der Waals surface area contributed by atoms with Crippen molar-refractivity contribution in [1.29, 1.82) is 0 Å². The van der Waals surface area contributed by atoms with Crippen LogP contribution < -0.4 is 11.2 Å². The SMILES string of the molecule is Nc1cc(S(=O)(=O)O)cc(/N=N/C(=N\Nc2ccc(S(=O)(=O)O)cc2C(=O)O)c2ccccc2)c1O. The molecule has 0 atom stereocenters. The van der Waals surface area contributed by atoms with Gasteiger partial charge in [-0.15, -0.1) is 10.2 Å². The molecule has 0 aliphatic carbocycles. The van der Waals surface area contributed by atoms with E-state index in [4.69, 9.17) is 10.3 Å². The fourth-order valence-electron chi connectivity index (χ4n) is 2.74. The maximum atomic E-state index is 11.6. The van der Waals surface area contributed by atoms with E-state index in [0.29, 0.717) is 5.56 Å². The Hall–Kier alpha value is -4.38. The molecule has 3 aromatic rings. The quantitative estimate of drug-likeness (QED) is 0.0488. The molecular weight excluding hydrogens is 518 g/mol. The molecule has 16 heteroatoms. The lowest BCUT2D eigenvalue weighted by molar-refractivity contribution is 0.0697. The van der Waals surface area contributed by atoms with E-state index in [1.165, 1.54) is 0 Å². The van der Waals surface area contributed by atoms with E-state index in [1.54, 1.807) is 30.3 Å². The molecule has 0 heterocycles. The molecule has 0 aromatic heterocycles. The van der Waals surface area contributed by atoms with Crippen molar-refractivity contribution in [3.8, 4) is 5.75 Å². The zero-order chi connectivity index (χ0) is 26.7. The molecule has 3 aromatic carbocycles. The number of hydrogen-bond donors (Lipinski definition) is 6. The van der Waals surface area contributed by atoms with Crippen molar-refractivity contribution >= 4 is 49.1 Å². The number of aromatic carboxylic acids is 1. The minimum Gasteiger partial charge on any atom is -0.504 e. The van der Waals surface area contributed by atoms with Gasteiger partial charge >= 0.3 is 5.97 Å². The van der Waals surface area contributed by atoms with Crippen LogP contribution in [0.1, 0.15) is 15.9 Å². The molecule has 0 spiro atoms. The number of hydrogen-bond acceptors (Lipinski definition) is 10. The van der Waals surface area contributed by atoms with Crippen molar-refractivity contribution in [2.24, 2.45) is 15.3 Å². The number of nitrogens with two attached hydrogens (primary N) is 1. The van der Waals surface area contributed by atoms with Gasteiger partial charge < -0.3 is 15.9 Å². The molecule has 188 valence electrons. The highest BCUT2D eigenvalue weighted by Crippen LogP contribution is 2.35. The second-order valence-corrected chi connectivity index (χ2v) is 9.80. The number of carboxylic acids is 1. The zero-order valence-electron chi connectivity index (χ0n) is 17.8. The number of aromatic hydroxyl groups is 1. The monoisotopic (exact) mass is 535 g/mol. The third kappa shape index (κ3) is 6.19. The fourth-order valence-corrected chi connectivity index (χ4v) is 3.79. The summed E-state index contributed by atoms with van der Waals surface area (Å²) in [7, 11) is -9.35. The molecular formula is C20H17N5O9S2. The van der Waals surface area contributed by atoms with Crippen LogP contribution in [0.4, 0.5) is 17.1 Å². The number of carboxylic acid groups (broad SMARTS) is 1. The molecule has 7 N–H and O–H groups in total. The van der Waals surface area contributed by atoms with Crippen LogP contribution in [0.5, 0.6) is 5.75 Å². The normalized spacial score (nSPS) is 12.6. The molecule has 0 saturated carbocycles. The summed E-state index contributed by atoms with van der Waals surface area (Å²) in [5.74, 6) is -2.33. The Balaban J connectivity index is 2.08. The van der Waals surface area contributed by atoms with E-state index >= 15 is 0 Å². The van der Waals surface area contributed by atoms with Crippen LogP contribution in [0.25, 0.3) is 0 Å². The zero-order valence-corrected chi connectivity index (χ0v) is 19.5. The van der Waals surface area contributed by atoms with Crippen LogP contribution in [-0.2, 0) is 20.2 Å². The Morgan fingerprint density at radius 1 is 0.889 bits per heavy atom. The minimum absolute atomic E-state index is 0.168. The standard InChI is InChI=1S/C20H17N5O9S2/c21-15-9-13(36(32,33)34)10-17(18(15)26)23-25-19(11-4-2-1-3-5-11)24-22-16-7-6-12(35(29,30)31)8-14(16)20(27)28/h1-10,22,26H,21H2,(H,27,28)(H,29,30,31)(H,32,33,34)/b24-19-,25-23+. The van der Waals surface area contributed by atoms with E-state index < -0.39 is 58.7 Å². The summed E-state index contributed by atoms with van der Waals surface area (Å²) < 4.78 is 64.0. The first-order valence-corrected chi connectivity index (χ1v) is 12.4. The van der Waals surface area contributed by atoms with E-state index in [9.17, 15) is 36.4 Å². The molecule has 0 unspecified atom stereocenters. The van der Waals surface area contributed by atoms with E-state index in [0.717, 1.165) is 30.3 Å². The summed E-state index contributed by atoms with van der Waals surface area (Å²) in [5.41, 5.74) is 6.81. The number of anilines is 2. The molecule has 0 fully saturated rings. The Morgan fingerprint density at radius 2 is 1.53 bits per heavy atom. The van der Waals surface area contributed by atoms with Gasteiger partial charge in [-0.05, 0) is 30.3 Å². The molecule has 3 rings (SSSR count). The van der Waals surface area contributed by atoms with Gasteiger partial charge in [0, 0.05) is 5.56 Å². The number of amidine groups is 1. The van der Waals surface area contributed by atoms with E-state index in [2.05, 4.69) is 20.8 Å². The number of nitrogen functional groups attached to an aromatic ring is 1. The maximum absolute atomic E-state index is 11.6. The highest BCUT2D eigenvalue weighted by atomic mass is 32.2. The lowest BCUT2D eigenvalue weighted by atomic mass is 10.2. The van der Waals surface area contributed by atoms with Gasteiger partial charge in [0.25, 0.3) is 20.2 Å². The molecule has 0 aliphatic heterocycles. The van der Waals surface area contributed by atoms with E-state index in [-0.39, 0.29) is 11.5 Å². The molecule has 0 bridgehead atoms. The first kappa shape index (κ1) is 26.2. The van der Waals surface area contributed by atoms with Crippen molar-refractivity contribution in [1.82, 2.24) is 0 Å². The molecule has 36 heavy (non-hydrogen) atoms. The highest BCUT2D eigenvalue weighted by Gasteiger charge is 2.18. The van der Waals surface area contributed by atoms with E-state index in [1.807, 2.05) is 0 Å². The maximum Gasteiger partial charge on any atom is 0.337 e. The highest BCUT2D eigenvalue weighted by molar-refractivity contribution is 7.86. The smallest absolute Gasteiger partial charge is 0.337 e. The summed E-state index contributed by atoms with van der Waals surface area (Å²) in [4.78, 5) is 10.3. The average Bonchev–Trinajstić information content (AvgIpc) is 2.80. The summed E-state index contributed by atoms with van der Waals surface area (Å²) in [5, 5.41) is 31.2. The van der Waals surface area contributed by atoms with Gasteiger partial charge in [0.05, 0.1) is 26.7 Å². The first-order chi connectivity index (χ1) is 16.8. The van der Waals surface area contributed by atoms with Gasteiger partial charge in [-0.2, -0.15) is 21.9 Å². The van der Waals surface area contributed by atoms with Crippen LogP contribution in [0.2, 0.25) is 0 Å². The van der Waals surface area contributed by atoms with Crippen molar-refractivity contribution in [2.75, 3.05) is 11.2 Å². The molecule has 0 radical (unpaired) electrons. The number of nitrogens with one attached hydrogen (secondary N) is 1. The summed E-state index contributed by atoms with van der Waals surface area (Å²) in [6, 6.07) is 12.4. The number of azo groups is 1. The molecule has 14 nitrogen and oxygen atoms in total. The third-order valence-corrected chi connectivity index (χ3v) is 6.16. The van der Waals surface area contributed by atoms with Gasteiger partial charge in [0.15, 0.2) is 5.75 Å². The Labute approximate surface area is 203 Å². The summed E-state index contributed by atoms with van der Waals surface area (Å²) >= 11 is 0. The fraction of sp³-hybridized carbons (Fsp3) is 0. The van der Waals surface area contributed by atoms with Gasteiger partial charge in [0.2, 0.25) is 5.84 Å². The van der Waals surface area contributed by atoms with Crippen LogP contribution in [0, 0.1) is 0 Å². The summed E-state index contributed by atoms with van der Waals surface area (Å²) in [6.45, 7) is 0. The number of nitrogens with zero attached hydrogens (tertiary/aromatic N) is 3. The number of hydrazone groups is 1. The third-order valence-electron chi connectivity index (χ3n) is 4.48. The predicted octanol–water partition coefficient (Wildman–Crippen LogP) is 2.72. The van der Waals surface area contributed by atoms with Crippen molar-refractivity contribution in [3.63, 3.8) is 0 Å². The Morgan fingerprint density at radius 3 is 2.11 bits per heavy atom. The van der Waals surface area contributed by atoms with Crippen molar-refractivity contribution in [3.05, 3.63) is 71.8 Å². The lowest BCUT2D eigenvalue weighted by Gasteiger charge is -2.08. The lowest BCUT2D eigenvalue weighted by Crippen LogP contribution is -2.08. The van der Waals surface area contributed by atoms with Crippen molar-refractivity contribution < 1.29 is 40.9 Å². The van der Waals surface area contributed by atoms with Crippen LogP contribution in [0.15, 0.2) is 85.8 Å². The molecule has 0 amide bonds. The Bertz CT molecular complexity index is 1600. The largest absolute Gasteiger partial charge is 0.504 e. The topological polar surface area (TPSA) is 241 Å². The predicted molar refractivity (Wildman–Crippen MR) is 127 cm³/mol. The van der Waals surface area contributed by atoms with Crippen LogP contribution >= 0.6 is 0 Å². The number of carbonyl (C=O) groups is 1. The van der Waals surface area contributed by atoms with Crippen molar-refractivity contribution in [2.45, 2.75) is 9.79 Å². The van der Waals surface area contributed by atoms with Gasteiger partial charge in [-0.25, -0.2) is 4.79 Å². The average molecular weight is 536 g/mol. The van der Waals surface area contributed by atoms with Gasteiger partial charge in [-0.3, -0.25) is 14.5 Å². The molecule has 0 aliphatic rings. The number of phenolic OH excluding ortho intramolecular Hbond substituents is 1. The number of benzene rings is 3. The first-order valence-electron chi connectivity index (χ1n) is 9.53.